The number of rotatable bonds is 4. The zero-order valence-electron chi connectivity index (χ0n) is 13.3. The Bertz CT molecular complexity index is 968. The van der Waals surface area contributed by atoms with E-state index >= 15 is 0 Å². The lowest BCUT2D eigenvalue weighted by Crippen LogP contribution is -2.20. The van der Waals surface area contributed by atoms with Crippen molar-refractivity contribution in [1.82, 2.24) is 5.32 Å². The number of fused-ring (bicyclic) bond motifs is 1. The third kappa shape index (κ3) is 2.94. The van der Waals surface area contributed by atoms with Gasteiger partial charge in [0.15, 0.2) is 11.6 Å². The second-order valence-electron chi connectivity index (χ2n) is 5.33. The lowest BCUT2D eigenvalue weighted by molar-refractivity contribution is -0.106. The van der Waals surface area contributed by atoms with E-state index in [2.05, 4.69) is 5.32 Å². The maximum Gasteiger partial charge on any atom is 0.251 e. The first-order chi connectivity index (χ1) is 12.1. The number of halogens is 2. The van der Waals surface area contributed by atoms with Crippen molar-refractivity contribution < 1.29 is 18.4 Å². The summed E-state index contributed by atoms with van der Waals surface area (Å²) >= 11 is 0. The Morgan fingerprint density at radius 2 is 1.76 bits per heavy atom. The fourth-order valence-electron chi connectivity index (χ4n) is 2.74. The molecule has 0 saturated carbocycles. The summed E-state index contributed by atoms with van der Waals surface area (Å²) in [6.07, 6.45) is 0.502. The molecule has 0 spiro atoms. The van der Waals surface area contributed by atoms with Gasteiger partial charge in [-0.1, -0.05) is 24.3 Å². The molecular formula is C19H14F2N2O2. The second-order valence-corrected chi connectivity index (χ2v) is 5.33. The molecule has 3 aromatic rings. The van der Waals surface area contributed by atoms with Crippen LogP contribution in [0, 0.1) is 11.6 Å². The van der Waals surface area contributed by atoms with Gasteiger partial charge in [0.1, 0.15) is 0 Å². The first-order valence-electron chi connectivity index (χ1n) is 7.50. The predicted molar refractivity (Wildman–Crippen MR) is 91.9 cm³/mol. The number of hydrogen-bond acceptors (Lipinski definition) is 2. The van der Waals surface area contributed by atoms with Crippen LogP contribution in [0.1, 0.15) is 10.4 Å². The highest BCUT2D eigenvalue weighted by molar-refractivity contribution is 6.14. The van der Waals surface area contributed by atoms with Crippen molar-refractivity contribution in [3.63, 3.8) is 0 Å². The molecular weight excluding hydrogens is 326 g/mol. The molecule has 2 amide bonds. The van der Waals surface area contributed by atoms with Gasteiger partial charge in [-0.2, -0.15) is 0 Å². The van der Waals surface area contributed by atoms with Crippen molar-refractivity contribution in [2.45, 2.75) is 0 Å². The van der Waals surface area contributed by atoms with Gasteiger partial charge in [-0.3, -0.25) is 14.5 Å². The molecule has 0 saturated heterocycles. The molecule has 25 heavy (non-hydrogen) atoms. The summed E-state index contributed by atoms with van der Waals surface area (Å²) < 4.78 is 26.8. The molecule has 0 unspecified atom stereocenters. The number of benzene rings is 3. The van der Waals surface area contributed by atoms with Gasteiger partial charge in [0.2, 0.25) is 6.41 Å². The van der Waals surface area contributed by atoms with Gasteiger partial charge in [0, 0.05) is 24.1 Å². The van der Waals surface area contributed by atoms with E-state index in [1.54, 1.807) is 36.4 Å². The minimum atomic E-state index is -1.06. The van der Waals surface area contributed by atoms with Crippen molar-refractivity contribution in [2.75, 3.05) is 11.9 Å². The van der Waals surface area contributed by atoms with Crippen molar-refractivity contribution in [2.24, 2.45) is 0 Å². The van der Waals surface area contributed by atoms with Crippen molar-refractivity contribution in [1.29, 1.82) is 0 Å². The molecule has 3 rings (SSSR count). The Kier molecular flexibility index (Phi) is 4.43. The van der Waals surface area contributed by atoms with Crippen LogP contribution in [-0.4, -0.2) is 19.4 Å². The topological polar surface area (TPSA) is 49.4 Å². The monoisotopic (exact) mass is 340 g/mol. The van der Waals surface area contributed by atoms with Crippen LogP contribution in [-0.2, 0) is 4.79 Å². The molecule has 0 bridgehead atoms. The molecule has 1 N–H and O–H groups in total. The summed E-state index contributed by atoms with van der Waals surface area (Å²) in [5.41, 5.74) is 0.941. The molecule has 126 valence electrons. The van der Waals surface area contributed by atoms with Crippen molar-refractivity contribution >= 4 is 34.5 Å². The van der Waals surface area contributed by atoms with Crippen molar-refractivity contribution in [3.05, 3.63) is 71.8 Å². The van der Waals surface area contributed by atoms with E-state index in [0.717, 1.165) is 17.5 Å². The smallest absolute Gasteiger partial charge is 0.251 e. The van der Waals surface area contributed by atoms with E-state index in [-0.39, 0.29) is 11.6 Å². The summed E-state index contributed by atoms with van der Waals surface area (Å²) in [7, 11) is 1.51. The highest BCUT2D eigenvalue weighted by Crippen LogP contribution is 2.34. The Morgan fingerprint density at radius 3 is 2.40 bits per heavy atom. The average molecular weight is 340 g/mol. The Balaban J connectivity index is 2.27. The van der Waals surface area contributed by atoms with Gasteiger partial charge < -0.3 is 5.32 Å². The average Bonchev–Trinajstić information content (AvgIpc) is 2.64. The Hall–Kier alpha value is -3.28. The first-order valence-corrected chi connectivity index (χ1v) is 7.50. The van der Waals surface area contributed by atoms with Gasteiger partial charge in [0.05, 0.1) is 11.4 Å². The summed E-state index contributed by atoms with van der Waals surface area (Å²) in [6.45, 7) is 0. The molecule has 0 atom stereocenters. The number of nitrogens with zero attached hydrogens (tertiary/aromatic N) is 1. The molecule has 0 radical (unpaired) electrons. The van der Waals surface area contributed by atoms with Crippen LogP contribution in [0.25, 0.3) is 10.8 Å². The fraction of sp³-hybridized carbons (Fsp3) is 0.0526. The van der Waals surface area contributed by atoms with E-state index < -0.39 is 11.6 Å². The minimum absolute atomic E-state index is 0.160. The van der Waals surface area contributed by atoms with Crippen LogP contribution >= 0.6 is 0 Å². The van der Waals surface area contributed by atoms with Crippen LogP contribution in [0.5, 0.6) is 0 Å². The summed E-state index contributed by atoms with van der Waals surface area (Å²) in [5.74, 6) is -2.37. The molecule has 0 aliphatic rings. The summed E-state index contributed by atoms with van der Waals surface area (Å²) in [4.78, 5) is 25.1. The Labute approximate surface area is 142 Å². The van der Waals surface area contributed by atoms with E-state index in [0.29, 0.717) is 23.0 Å². The van der Waals surface area contributed by atoms with Gasteiger partial charge in [-0.05, 0) is 29.7 Å². The van der Waals surface area contributed by atoms with E-state index in [1.165, 1.54) is 18.0 Å². The fourth-order valence-corrected chi connectivity index (χ4v) is 2.74. The number of amides is 2. The van der Waals surface area contributed by atoms with E-state index in [1.807, 2.05) is 0 Å². The highest BCUT2D eigenvalue weighted by Gasteiger charge is 2.18. The third-order valence-corrected chi connectivity index (χ3v) is 3.90. The lowest BCUT2D eigenvalue weighted by Gasteiger charge is -2.21. The normalized spacial score (nSPS) is 10.5. The van der Waals surface area contributed by atoms with Crippen molar-refractivity contribution in [3.8, 4) is 0 Å². The molecule has 0 aliphatic heterocycles. The molecule has 4 nitrogen and oxygen atoms in total. The first kappa shape index (κ1) is 16.6. The molecule has 0 aliphatic carbocycles. The van der Waals surface area contributed by atoms with Crippen LogP contribution in [0.2, 0.25) is 0 Å². The highest BCUT2D eigenvalue weighted by atomic mass is 19.2. The van der Waals surface area contributed by atoms with Gasteiger partial charge in [-0.25, -0.2) is 8.78 Å². The molecule has 3 aromatic carbocycles. The lowest BCUT2D eigenvalue weighted by atomic mass is 10.0. The van der Waals surface area contributed by atoms with Crippen LogP contribution in [0.3, 0.4) is 0 Å². The van der Waals surface area contributed by atoms with E-state index in [4.69, 9.17) is 0 Å². The van der Waals surface area contributed by atoms with Crippen LogP contribution in [0.4, 0.5) is 20.2 Å². The summed E-state index contributed by atoms with van der Waals surface area (Å²) in [6, 6.07) is 13.5. The SMILES string of the molecule is CNC(=O)c1cccc2cccc(N(C=O)c3ccc(F)c(F)c3)c12. The number of carbonyl (C=O) groups excluding carboxylic acids is 2. The maximum atomic E-state index is 13.6. The van der Waals surface area contributed by atoms with Gasteiger partial charge >= 0.3 is 0 Å². The zero-order chi connectivity index (χ0) is 18.0. The number of nitrogens with one attached hydrogen (secondary N) is 1. The second kappa shape index (κ2) is 6.68. The molecule has 6 heteroatoms. The maximum absolute atomic E-state index is 13.6. The number of carbonyl (C=O) groups is 2. The predicted octanol–water partition coefficient (Wildman–Crippen LogP) is 3.77. The zero-order valence-corrected chi connectivity index (χ0v) is 13.3. The van der Waals surface area contributed by atoms with Crippen LogP contribution in [0.15, 0.2) is 54.6 Å². The number of hydrogen-bond donors (Lipinski definition) is 1. The summed E-state index contributed by atoms with van der Waals surface area (Å²) in [5, 5.41) is 3.84. The number of anilines is 2. The molecule has 0 fully saturated rings. The van der Waals surface area contributed by atoms with E-state index in [9.17, 15) is 18.4 Å². The standard InChI is InChI=1S/C19H14F2N2O2/c1-22-19(25)14-6-2-4-12-5-3-7-17(18(12)14)23(11-24)13-8-9-15(20)16(21)10-13/h2-11H,1H3,(H,22,25). The largest absolute Gasteiger partial charge is 0.355 e. The quantitative estimate of drug-likeness (QED) is 0.735. The molecule has 0 heterocycles. The minimum Gasteiger partial charge on any atom is -0.355 e. The third-order valence-electron chi connectivity index (χ3n) is 3.90. The van der Waals surface area contributed by atoms with Crippen LogP contribution < -0.4 is 10.2 Å². The van der Waals surface area contributed by atoms with Gasteiger partial charge in [0.25, 0.3) is 5.91 Å². The molecule has 0 aromatic heterocycles. The van der Waals surface area contributed by atoms with Gasteiger partial charge in [-0.15, -0.1) is 0 Å². The Morgan fingerprint density at radius 1 is 1.04 bits per heavy atom.